The first-order chi connectivity index (χ1) is 8.28. The molecule has 1 aromatic rings. The molecule has 3 nitrogen and oxygen atoms in total. The lowest BCUT2D eigenvalue weighted by Gasteiger charge is -2.43. The predicted molar refractivity (Wildman–Crippen MR) is 70.8 cm³/mol. The number of hydrogen-bond donors (Lipinski definition) is 1. The number of aromatic nitrogens is 1. The molecule has 1 aliphatic heterocycles. The first-order valence-electron chi connectivity index (χ1n) is 6.64. The van der Waals surface area contributed by atoms with E-state index in [0.717, 1.165) is 26.2 Å². The molecule has 3 heteroatoms. The molecule has 1 N–H and O–H groups in total. The largest absolute Gasteiger partial charge is 0.309 e. The molecule has 1 aromatic heterocycles. The van der Waals surface area contributed by atoms with Gasteiger partial charge in [-0.2, -0.15) is 0 Å². The highest BCUT2D eigenvalue weighted by atomic mass is 15.2. The summed E-state index contributed by atoms with van der Waals surface area (Å²) in [6, 6.07) is 4.23. The highest BCUT2D eigenvalue weighted by molar-refractivity contribution is 5.10. The third kappa shape index (κ3) is 3.05. The van der Waals surface area contributed by atoms with E-state index < -0.39 is 0 Å². The zero-order valence-electron chi connectivity index (χ0n) is 10.9. The van der Waals surface area contributed by atoms with E-state index in [1.807, 2.05) is 12.4 Å². The Morgan fingerprint density at radius 1 is 1.29 bits per heavy atom. The van der Waals surface area contributed by atoms with Crippen molar-refractivity contribution in [2.24, 2.45) is 0 Å². The lowest BCUT2D eigenvalue weighted by Crippen LogP contribution is -2.59. The summed E-state index contributed by atoms with van der Waals surface area (Å²) < 4.78 is 0. The summed E-state index contributed by atoms with van der Waals surface area (Å²) in [6.07, 6.45) is 6.17. The second kappa shape index (κ2) is 5.61. The Morgan fingerprint density at radius 3 is 2.65 bits per heavy atom. The summed E-state index contributed by atoms with van der Waals surface area (Å²) in [4.78, 5) is 6.62. The van der Waals surface area contributed by atoms with Crippen molar-refractivity contribution in [3.63, 3.8) is 0 Å². The van der Waals surface area contributed by atoms with E-state index in [2.05, 4.69) is 41.2 Å². The van der Waals surface area contributed by atoms with Gasteiger partial charge in [-0.15, -0.1) is 0 Å². The Bertz CT molecular complexity index is 333. The molecule has 17 heavy (non-hydrogen) atoms. The average molecular weight is 233 g/mol. The van der Waals surface area contributed by atoms with Crippen LogP contribution in [0.1, 0.15) is 32.3 Å². The van der Waals surface area contributed by atoms with Crippen LogP contribution in [0.2, 0.25) is 0 Å². The van der Waals surface area contributed by atoms with E-state index in [9.17, 15) is 0 Å². The van der Waals surface area contributed by atoms with Gasteiger partial charge in [0.25, 0.3) is 0 Å². The van der Waals surface area contributed by atoms with Gasteiger partial charge in [0.1, 0.15) is 0 Å². The van der Waals surface area contributed by atoms with Crippen molar-refractivity contribution in [2.45, 2.75) is 38.8 Å². The van der Waals surface area contributed by atoms with Crippen LogP contribution in [0.3, 0.4) is 0 Å². The van der Waals surface area contributed by atoms with E-state index in [4.69, 9.17) is 0 Å². The predicted octanol–water partition coefficient (Wildman–Crippen LogP) is 2.05. The van der Waals surface area contributed by atoms with Gasteiger partial charge < -0.3 is 5.32 Å². The van der Waals surface area contributed by atoms with Gasteiger partial charge in [-0.3, -0.25) is 9.88 Å². The molecule has 94 valence electrons. The topological polar surface area (TPSA) is 28.2 Å². The molecule has 2 rings (SSSR count). The first kappa shape index (κ1) is 12.5. The Hall–Kier alpha value is -0.930. The van der Waals surface area contributed by atoms with Gasteiger partial charge in [0, 0.05) is 44.1 Å². The lowest BCUT2D eigenvalue weighted by molar-refractivity contribution is 0.118. The van der Waals surface area contributed by atoms with Crippen molar-refractivity contribution >= 4 is 0 Å². The minimum absolute atomic E-state index is 0.325. The summed E-state index contributed by atoms with van der Waals surface area (Å²) in [5, 5.41) is 3.69. The summed E-state index contributed by atoms with van der Waals surface area (Å²) in [5.74, 6) is 0. The standard InChI is InChI=1S/C14H23N3/c1-3-14(4-2)12-17(10-9-16-14)11-13-5-7-15-8-6-13/h5-8,16H,3-4,9-12H2,1-2H3. The molecule has 0 amide bonds. The van der Waals surface area contributed by atoms with Crippen LogP contribution in [0.4, 0.5) is 0 Å². The van der Waals surface area contributed by atoms with Crippen molar-refractivity contribution in [3.05, 3.63) is 30.1 Å². The fourth-order valence-corrected chi connectivity index (χ4v) is 2.65. The minimum atomic E-state index is 0.325. The molecule has 0 aromatic carbocycles. The molecule has 0 aliphatic carbocycles. The maximum Gasteiger partial charge on any atom is 0.0304 e. The third-order valence-corrected chi connectivity index (χ3v) is 3.96. The molecule has 2 heterocycles. The van der Waals surface area contributed by atoms with Crippen molar-refractivity contribution in [3.8, 4) is 0 Å². The maximum absolute atomic E-state index is 4.07. The molecule has 1 aliphatic rings. The highest BCUT2D eigenvalue weighted by Crippen LogP contribution is 2.21. The Labute approximate surface area is 104 Å². The van der Waals surface area contributed by atoms with Crippen LogP contribution in [0.15, 0.2) is 24.5 Å². The van der Waals surface area contributed by atoms with Crippen LogP contribution in [-0.2, 0) is 6.54 Å². The van der Waals surface area contributed by atoms with Crippen molar-refractivity contribution in [2.75, 3.05) is 19.6 Å². The number of hydrogen-bond acceptors (Lipinski definition) is 3. The quantitative estimate of drug-likeness (QED) is 0.862. The van der Waals surface area contributed by atoms with Crippen LogP contribution < -0.4 is 5.32 Å². The third-order valence-electron chi connectivity index (χ3n) is 3.96. The molecular weight excluding hydrogens is 210 g/mol. The molecular formula is C14H23N3. The summed E-state index contributed by atoms with van der Waals surface area (Å²) in [6.45, 7) is 9.02. The van der Waals surface area contributed by atoms with Crippen molar-refractivity contribution < 1.29 is 0 Å². The molecule has 0 radical (unpaired) electrons. The van der Waals surface area contributed by atoms with Crippen molar-refractivity contribution in [1.82, 2.24) is 15.2 Å². The highest BCUT2D eigenvalue weighted by Gasteiger charge is 2.31. The molecule has 0 bridgehead atoms. The van der Waals surface area contributed by atoms with Crippen LogP contribution in [-0.4, -0.2) is 35.1 Å². The van der Waals surface area contributed by atoms with Crippen LogP contribution in [0, 0.1) is 0 Å². The van der Waals surface area contributed by atoms with Crippen molar-refractivity contribution in [1.29, 1.82) is 0 Å². The van der Waals surface area contributed by atoms with Gasteiger partial charge in [0.15, 0.2) is 0 Å². The van der Waals surface area contributed by atoms with E-state index in [1.165, 1.54) is 18.4 Å². The fourth-order valence-electron chi connectivity index (χ4n) is 2.65. The Morgan fingerprint density at radius 2 is 2.00 bits per heavy atom. The summed E-state index contributed by atoms with van der Waals surface area (Å²) in [7, 11) is 0. The van der Waals surface area contributed by atoms with E-state index in [1.54, 1.807) is 0 Å². The smallest absolute Gasteiger partial charge is 0.0304 e. The lowest BCUT2D eigenvalue weighted by atomic mass is 9.90. The van der Waals surface area contributed by atoms with E-state index in [-0.39, 0.29) is 0 Å². The van der Waals surface area contributed by atoms with Gasteiger partial charge >= 0.3 is 0 Å². The normalized spacial score (nSPS) is 20.4. The molecule has 1 saturated heterocycles. The second-order valence-corrected chi connectivity index (χ2v) is 4.98. The SMILES string of the molecule is CCC1(CC)CN(Cc2ccncc2)CCN1. The van der Waals surface area contributed by atoms with E-state index >= 15 is 0 Å². The molecule has 1 fully saturated rings. The molecule has 0 saturated carbocycles. The fraction of sp³-hybridized carbons (Fsp3) is 0.643. The van der Waals surface area contributed by atoms with Gasteiger partial charge in [0.2, 0.25) is 0 Å². The number of pyridine rings is 1. The number of rotatable bonds is 4. The minimum Gasteiger partial charge on any atom is -0.309 e. The van der Waals surface area contributed by atoms with Gasteiger partial charge in [-0.05, 0) is 30.5 Å². The zero-order chi connectivity index (χ0) is 12.1. The van der Waals surface area contributed by atoms with Gasteiger partial charge in [-0.25, -0.2) is 0 Å². The van der Waals surface area contributed by atoms with Crippen LogP contribution in [0.5, 0.6) is 0 Å². The number of nitrogens with zero attached hydrogens (tertiary/aromatic N) is 2. The number of nitrogens with one attached hydrogen (secondary N) is 1. The zero-order valence-corrected chi connectivity index (χ0v) is 10.9. The average Bonchev–Trinajstić information content (AvgIpc) is 2.40. The van der Waals surface area contributed by atoms with Crippen LogP contribution >= 0.6 is 0 Å². The molecule has 0 spiro atoms. The Kier molecular flexibility index (Phi) is 4.13. The van der Waals surface area contributed by atoms with Gasteiger partial charge in [0.05, 0.1) is 0 Å². The van der Waals surface area contributed by atoms with Gasteiger partial charge in [-0.1, -0.05) is 13.8 Å². The molecule has 0 atom stereocenters. The Balaban J connectivity index is 1.98. The van der Waals surface area contributed by atoms with Crippen LogP contribution in [0.25, 0.3) is 0 Å². The maximum atomic E-state index is 4.07. The summed E-state index contributed by atoms with van der Waals surface area (Å²) >= 11 is 0. The monoisotopic (exact) mass is 233 g/mol. The molecule has 0 unspecified atom stereocenters. The second-order valence-electron chi connectivity index (χ2n) is 4.98. The summed E-state index contributed by atoms with van der Waals surface area (Å²) in [5.41, 5.74) is 1.69. The van der Waals surface area contributed by atoms with E-state index in [0.29, 0.717) is 5.54 Å². The number of piperazine rings is 1. The first-order valence-corrected chi connectivity index (χ1v) is 6.64.